The first kappa shape index (κ1) is 27.2. The monoisotopic (exact) mass is 621 g/mol. The van der Waals surface area contributed by atoms with Gasteiger partial charge in [-0.25, -0.2) is 9.97 Å². The number of halogens is 1. The van der Waals surface area contributed by atoms with Crippen molar-refractivity contribution in [1.82, 2.24) is 14.5 Å². The van der Waals surface area contributed by atoms with Crippen LogP contribution in [0.5, 0.6) is 0 Å². The van der Waals surface area contributed by atoms with Gasteiger partial charge in [0.25, 0.3) is 0 Å². The van der Waals surface area contributed by atoms with Gasteiger partial charge in [0.15, 0.2) is 8.32 Å². The molecule has 0 amide bonds. The molecule has 0 N–H and O–H groups in total. The molecule has 4 rings (SSSR count). The minimum Gasteiger partial charge on any atom is -0.460 e. The molecule has 36 heavy (non-hydrogen) atoms. The zero-order valence-electron chi connectivity index (χ0n) is 22.0. The lowest BCUT2D eigenvalue weighted by molar-refractivity contribution is -0.150. The van der Waals surface area contributed by atoms with Crippen LogP contribution in [0, 0.1) is 3.57 Å². The minimum atomic E-state index is -1.98. The highest BCUT2D eigenvalue weighted by molar-refractivity contribution is 14.1. The van der Waals surface area contributed by atoms with Crippen LogP contribution < -0.4 is 0 Å². The maximum absolute atomic E-state index is 11.9. The third-order valence-electron chi connectivity index (χ3n) is 7.36. The van der Waals surface area contributed by atoms with Gasteiger partial charge in [0.2, 0.25) is 0 Å². The molecule has 0 saturated carbocycles. The van der Waals surface area contributed by atoms with Crippen LogP contribution in [0.3, 0.4) is 0 Å². The van der Waals surface area contributed by atoms with Gasteiger partial charge in [-0.2, -0.15) is 0 Å². The fraction of sp³-hybridized carbons (Fsp3) is 0.519. The van der Waals surface area contributed by atoms with Gasteiger partial charge in [-0.15, -0.1) is 0 Å². The molecule has 1 aliphatic rings. The number of benzene rings is 1. The van der Waals surface area contributed by atoms with Crippen molar-refractivity contribution in [3.63, 3.8) is 0 Å². The van der Waals surface area contributed by atoms with Crippen molar-refractivity contribution >= 4 is 47.9 Å². The average molecular weight is 622 g/mol. The molecule has 1 aromatic carbocycles. The summed E-state index contributed by atoms with van der Waals surface area (Å²) in [7, 11) is -1.98. The molecule has 9 heteroatoms. The summed E-state index contributed by atoms with van der Waals surface area (Å²) < 4.78 is 21.8. The highest BCUT2D eigenvalue weighted by atomic mass is 127. The van der Waals surface area contributed by atoms with E-state index in [1.807, 2.05) is 6.07 Å². The predicted molar refractivity (Wildman–Crippen MR) is 151 cm³/mol. The number of hydrogen-bond acceptors (Lipinski definition) is 6. The summed E-state index contributed by atoms with van der Waals surface area (Å²) in [6.07, 6.45) is 4.99. The first-order valence-electron chi connectivity index (χ1n) is 12.5. The molecule has 3 atom stereocenters. The van der Waals surface area contributed by atoms with Crippen molar-refractivity contribution in [2.75, 3.05) is 6.61 Å². The summed E-state index contributed by atoms with van der Waals surface area (Å²) in [4.78, 5) is 21.1. The van der Waals surface area contributed by atoms with E-state index in [0.29, 0.717) is 13.0 Å². The Morgan fingerprint density at radius 1 is 1.19 bits per heavy atom. The summed E-state index contributed by atoms with van der Waals surface area (Å²) >= 11 is 2.35. The van der Waals surface area contributed by atoms with Crippen LogP contribution >= 0.6 is 22.6 Å². The Labute approximate surface area is 228 Å². The number of carbonyl (C=O) groups is 1. The third kappa shape index (κ3) is 6.00. The largest absolute Gasteiger partial charge is 0.460 e. The Kier molecular flexibility index (Phi) is 8.23. The number of fused-ring (bicyclic) bond motifs is 1. The van der Waals surface area contributed by atoms with Crippen molar-refractivity contribution in [3.8, 4) is 0 Å². The zero-order valence-corrected chi connectivity index (χ0v) is 25.1. The van der Waals surface area contributed by atoms with E-state index in [1.165, 1.54) is 12.5 Å². The number of aryl methyl sites for hydroxylation is 2. The van der Waals surface area contributed by atoms with E-state index in [2.05, 4.69) is 101 Å². The first-order chi connectivity index (χ1) is 17.0. The molecule has 3 aromatic rings. The molecule has 1 aliphatic heterocycles. The Balaban J connectivity index is 1.56. The van der Waals surface area contributed by atoms with Gasteiger partial charge in [0.1, 0.15) is 30.4 Å². The molecule has 0 bridgehead atoms. The topological polar surface area (TPSA) is 75.5 Å². The highest BCUT2D eigenvalue weighted by Gasteiger charge is 2.43. The van der Waals surface area contributed by atoms with Crippen LogP contribution in [0.15, 0.2) is 42.9 Å². The number of nitrogens with zero attached hydrogens (tertiary/aromatic N) is 3. The van der Waals surface area contributed by atoms with Gasteiger partial charge in [-0.3, -0.25) is 4.79 Å². The number of esters is 1. The lowest BCUT2D eigenvalue weighted by Crippen LogP contribution is -2.44. The second kappa shape index (κ2) is 10.9. The molecular weight excluding hydrogens is 585 g/mol. The average Bonchev–Trinajstić information content (AvgIpc) is 3.36. The van der Waals surface area contributed by atoms with E-state index in [9.17, 15) is 4.79 Å². The Morgan fingerprint density at radius 2 is 1.92 bits per heavy atom. The van der Waals surface area contributed by atoms with Crippen LogP contribution in [-0.4, -0.2) is 47.6 Å². The summed E-state index contributed by atoms with van der Waals surface area (Å²) in [5, 5.41) is 1.14. The van der Waals surface area contributed by atoms with E-state index >= 15 is 0 Å². The fourth-order valence-electron chi connectivity index (χ4n) is 4.28. The van der Waals surface area contributed by atoms with Crippen molar-refractivity contribution in [2.24, 2.45) is 0 Å². The summed E-state index contributed by atoms with van der Waals surface area (Å²) in [6.45, 7) is 12.9. The van der Waals surface area contributed by atoms with Gasteiger partial charge >= 0.3 is 5.97 Å². The van der Waals surface area contributed by atoms with E-state index in [4.69, 9.17) is 13.9 Å². The predicted octanol–water partition coefficient (Wildman–Crippen LogP) is 6.06. The van der Waals surface area contributed by atoms with Crippen LogP contribution in [0.4, 0.5) is 0 Å². The summed E-state index contributed by atoms with van der Waals surface area (Å²) in [5.41, 5.74) is 3.15. The van der Waals surface area contributed by atoms with Gasteiger partial charge in [0, 0.05) is 23.1 Å². The minimum absolute atomic E-state index is 0.0851. The van der Waals surface area contributed by atoms with Crippen LogP contribution in [0.1, 0.15) is 51.6 Å². The molecule has 1 fully saturated rings. The zero-order chi connectivity index (χ0) is 26.1. The first-order valence-corrected chi connectivity index (χ1v) is 16.5. The molecular formula is C27H36IN3O4Si. The lowest BCUT2D eigenvalue weighted by atomic mass is 10.1. The van der Waals surface area contributed by atoms with Gasteiger partial charge in [-0.05, 0) is 59.1 Å². The number of aromatic nitrogens is 3. The molecule has 0 spiro atoms. The molecule has 2 aromatic heterocycles. The van der Waals surface area contributed by atoms with Gasteiger partial charge < -0.3 is 18.5 Å². The summed E-state index contributed by atoms with van der Waals surface area (Å²) in [6, 6.07) is 10.4. The van der Waals surface area contributed by atoms with Crippen LogP contribution in [-0.2, 0) is 31.5 Å². The second-order valence-corrected chi connectivity index (χ2v) is 16.9. The number of rotatable bonds is 8. The number of carbonyl (C=O) groups excluding carboxylic acids is 1. The maximum Gasteiger partial charge on any atom is 0.302 e. The van der Waals surface area contributed by atoms with Crippen molar-refractivity contribution < 1.29 is 18.7 Å². The normalized spacial score (nSPS) is 20.7. The Bertz CT molecular complexity index is 1210. The Hall–Kier alpha value is -1.82. The van der Waals surface area contributed by atoms with Crippen molar-refractivity contribution in [1.29, 1.82) is 0 Å². The van der Waals surface area contributed by atoms with Crippen molar-refractivity contribution in [2.45, 2.75) is 83.5 Å². The second-order valence-electron chi connectivity index (χ2n) is 11.0. The standard InChI is InChI=1S/C27H36IN3O4Si/c1-18(32)34-22-14-24(35-23(22)16-33-36(5,6)27(2,3)4)31-15-20(28)25-21(29-17-30-26(25)31)13-12-19-10-8-7-9-11-19/h7-11,15,17,22-24H,12-14,16H2,1-6H3/t22-,23-,24+/m0/s1. The molecule has 7 nitrogen and oxygen atoms in total. The van der Waals surface area contributed by atoms with Crippen LogP contribution in [0.2, 0.25) is 18.1 Å². The third-order valence-corrected chi connectivity index (χ3v) is 12.7. The van der Waals surface area contributed by atoms with E-state index in [1.54, 1.807) is 6.33 Å². The fourth-order valence-corrected chi connectivity index (χ4v) is 6.15. The van der Waals surface area contributed by atoms with Gasteiger partial charge in [-0.1, -0.05) is 51.1 Å². The molecule has 1 saturated heterocycles. The molecule has 0 aliphatic carbocycles. The number of ether oxygens (including phenoxy) is 2. The molecule has 0 unspecified atom stereocenters. The summed E-state index contributed by atoms with van der Waals surface area (Å²) in [5.74, 6) is -0.306. The molecule has 194 valence electrons. The molecule has 3 heterocycles. The van der Waals surface area contributed by atoms with Crippen LogP contribution in [0.25, 0.3) is 11.0 Å². The quantitative estimate of drug-likeness (QED) is 0.173. The number of hydrogen-bond donors (Lipinski definition) is 0. The lowest BCUT2D eigenvalue weighted by Gasteiger charge is -2.37. The van der Waals surface area contributed by atoms with E-state index in [0.717, 1.165) is 33.1 Å². The van der Waals surface area contributed by atoms with Crippen molar-refractivity contribution in [3.05, 3.63) is 57.7 Å². The Morgan fingerprint density at radius 3 is 2.58 bits per heavy atom. The van der Waals surface area contributed by atoms with E-state index < -0.39 is 8.32 Å². The SMILES string of the molecule is CC(=O)O[C@H]1C[C@H](n2cc(I)c3c(CCc4ccccc4)ncnc32)O[C@H]1CO[Si](C)(C)C(C)(C)C. The smallest absolute Gasteiger partial charge is 0.302 e. The molecule has 0 radical (unpaired) electrons. The highest BCUT2D eigenvalue weighted by Crippen LogP contribution is 2.39. The van der Waals surface area contributed by atoms with Gasteiger partial charge in [0.05, 0.1) is 17.7 Å². The maximum atomic E-state index is 11.9. The van der Waals surface area contributed by atoms with E-state index in [-0.39, 0.29) is 29.4 Å².